The van der Waals surface area contributed by atoms with Crippen molar-refractivity contribution in [2.45, 2.75) is 13.8 Å². The van der Waals surface area contributed by atoms with Crippen molar-refractivity contribution in [1.29, 1.82) is 0 Å². The van der Waals surface area contributed by atoms with Crippen LogP contribution in [0.1, 0.15) is 13.8 Å². The van der Waals surface area contributed by atoms with E-state index in [0.29, 0.717) is 0 Å². The summed E-state index contributed by atoms with van der Waals surface area (Å²) in [5.74, 6) is 0. The molecule has 0 bridgehead atoms. The highest BCUT2D eigenvalue weighted by molar-refractivity contribution is 5.14. The Balaban J connectivity index is 2.67. The van der Waals surface area contributed by atoms with Gasteiger partial charge in [0.15, 0.2) is 0 Å². The molecule has 1 aliphatic rings. The molecule has 0 aromatic carbocycles. The summed E-state index contributed by atoms with van der Waals surface area (Å²) in [5, 5.41) is 6.14. The lowest BCUT2D eigenvalue weighted by Gasteiger charge is -2.11. The summed E-state index contributed by atoms with van der Waals surface area (Å²) in [6, 6.07) is 0. The van der Waals surface area contributed by atoms with E-state index in [1.807, 2.05) is 26.2 Å². The van der Waals surface area contributed by atoms with Crippen LogP contribution in [-0.2, 0) is 0 Å². The van der Waals surface area contributed by atoms with Gasteiger partial charge in [-0.2, -0.15) is 0 Å². The van der Waals surface area contributed by atoms with Crippen LogP contribution in [0.2, 0.25) is 0 Å². The zero-order chi connectivity index (χ0) is 5.98. The molecular weight excluding hydrogens is 100 g/mol. The van der Waals surface area contributed by atoms with E-state index >= 15 is 0 Å². The normalized spacial score (nSPS) is 17.8. The molecule has 0 atom stereocenters. The summed E-state index contributed by atoms with van der Waals surface area (Å²) in [7, 11) is 0. The first-order valence-corrected chi connectivity index (χ1v) is 2.66. The lowest BCUT2D eigenvalue weighted by atomic mass is 10.3. The van der Waals surface area contributed by atoms with Crippen LogP contribution in [0.25, 0.3) is 0 Å². The fraction of sp³-hybridized carbons (Fsp3) is 0.333. The van der Waals surface area contributed by atoms with E-state index in [2.05, 4.69) is 10.6 Å². The van der Waals surface area contributed by atoms with Gasteiger partial charge in [0, 0.05) is 23.8 Å². The molecule has 2 nitrogen and oxygen atoms in total. The van der Waals surface area contributed by atoms with Crippen molar-refractivity contribution in [2.75, 3.05) is 0 Å². The van der Waals surface area contributed by atoms with E-state index in [1.54, 1.807) is 0 Å². The van der Waals surface area contributed by atoms with Crippen LogP contribution < -0.4 is 10.6 Å². The maximum Gasteiger partial charge on any atom is 0.0308 e. The van der Waals surface area contributed by atoms with Crippen molar-refractivity contribution in [2.24, 2.45) is 0 Å². The largest absolute Gasteiger partial charge is 0.363 e. The molecule has 0 amide bonds. The second-order valence-corrected chi connectivity index (χ2v) is 1.87. The average molecular weight is 110 g/mol. The fourth-order valence-corrected chi connectivity index (χ4v) is 0.550. The summed E-state index contributed by atoms with van der Waals surface area (Å²) >= 11 is 0. The van der Waals surface area contributed by atoms with E-state index in [-0.39, 0.29) is 0 Å². The predicted molar refractivity (Wildman–Crippen MR) is 33.8 cm³/mol. The molecule has 2 heteroatoms. The monoisotopic (exact) mass is 110 g/mol. The van der Waals surface area contributed by atoms with Crippen LogP contribution in [0.5, 0.6) is 0 Å². The molecule has 0 aromatic rings. The van der Waals surface area contributed by atoms with Crippen LogP contribution in [0, 0.1) is 0 Å². The first kappa shape index (κ1) is 5.22. The van der Waals surface area contributed by atoms with Crippen LogP contribution in [-0.4, -0.2) is 0 Å². The third-order valence-electron chi connectivity index (χ3n) is 1.25. The molecule has 0 saturated carbocycles. The smallest absolute Gasteiger partial charge is 0.0308 e. The molecule has 44 valence electrons. The van der Waals surface area contributed by atoms with Gasteiger partial charge in [-0.3, -0.25) is 0 Å². The molecule has 8 heavy (non-hydrogen) atoms. The molecule has 0 spiro atoms. The lowest BCUT2D eigenvalue weighted by molar-refractivity contribution is 0.886. The molecule has 0 radical (unpaired) electrons. The Bertz CT molecular complexity index is 129. The molecule has 0 unspecified atom stereocenters. The van der Waals surface area contributed by atoms with Crippen LogP contribution in [0.15, 0.2) is 23.8 Å². The zero-order valence-electron chi connectivity index (χ0n) is 5.15. The Labute approximate surface area is 49.3 Å². The molecule has 2 N–H and O–H groups in total. The van der Waals surface area contributed by atoms with Gasteiger partial charge in [-0.15, -0.1) is 0 Å². The van der Waals surface area contributed by atoms with Gasteiger partial charge in [0.25, 0.3) is 0 Å². The van der Waals surface area contributed by atoms with Crippen LogP contribution in [0.3, 0.4) is 0 Å². The standard InChI is InChI=1S/C6H10N2/c1-5-6(2)8-4-3-7-5/h3-4,7-8H,1-2H3. The lowest BCUT2D eigenvalue weighted by Crippen LogP contribution is -2.17. The topological polar surface area (TPSA) is 24.1 Å². The highest BCUT2D eigenvalue weighted by Gasteiger charge is 1.94. The molecule has 1 rings (SSSR count). The summed E-state index contributed by atoms with van der Waals surface area (Å²) in [6.07, 6.45) is 3.75. The fourth-order valence-electron chi connectivity index (χ4n) is 0.550. The van der Waals surface area contributed by atoms with Crippen molar-refractivity contribution >= 4 is 0 Å². The highest BCUT2D eigenvalue weighted by atomic mass is 15.0. The number of nitrogens with one attached hydrogen (secondary N) is 2. The van der Waals surface area contributed by atoms with Gasteiger partial charge >= 0.3 is 0 Å². The second-order valence-electron chi connectivity index (χ2n) is 1.87. The third-order valence-corrected chi connectivity index (χ3v) is 1.25. The number of hydrogen-bond donors (Lipinski definition) is 2. The Morgan fingerprint density at radius 1 is 1.00 bits per heavy atom. The minimum atomic E-state index is 1.19. The predicted octanol–water partition coefficient (Wildman–Crippen LogP) is 0.902. The van der Waals surface area contributed by atoms with Gasteiger partial charge in [-0.05, 0) is 13.8 Å². The Morgan fingerprint density at radius 3 is 1.62 bits per heavy atom. The van der Waals surface area contributed by atoms with Crippen LogP contribution in [0.4, 0.5) is 0 Å². The van der Waals surface area contributed by atoms with Gasteiger partial charge in [0.2, 0.25) is 0 Å². The van der Waals surface area contributed by atoms with Crippen molar-refractivity contribution < 1.29 is 0 Å². The van der Waals surface area contributed by atoms with E-state index in [0.717, 1.165) is 0 Å². The number of allylic oxidation sites excluding steroid dienone is 2. The Kier molecular flexibility index (Phi) is 1.24. The van der Waals surface area contributed by atoms with Crippen LogP contribution >= 0.6 is 0 Å². The minimum Gasteiger partial charge on any atom is -0.363 e. The highest BCUT2D eigenvalue weighted by Crippen LogP contribution is 1.98. The third kappa shape index (κ3) is 0.832. The van der Waals surface area contributed by atoms with Crippen molar-refractivity contribution in [1.82, 2.24) is 10.6 Å². The first-order valence-electron chi connectivity index (χ1n) is 2.66. The van der Waals surface area contributed by atoms with Crippen molar-refractivity contribution in [3.05, 3.63) is 23.8 Å². The van der Waals surface area contributed by atoms with E-state index in [4.69, 9.17) is 0 Å². The molecule has 0 fully saturated rings. The van der Waals surface area contributed by atoms with Gasteiger partial charge in [-0.1, -0.05) is 0 Å². The molecule has 0 aromatic heterocycles. The van der Waals surface area contributed by atoms with Crippen molar-refractivity contribution in [3.8, 4) is 0 Å². The summed E-state index contributed by atoms with van der Waals surface area (Å²) < 4.78 is 0. The molecule has 1 aliphatic heterocycles. The maximum absolute atomic E-state index is 3.07. The van der Waals surface area contributed by atoms with Gasteiger partial charge in [0.1, 0.15) is 0 Å². The Hall–Kier alpha value is -0.920. The Morgan fingerprint density at radius 2 is 1.38 bits per heavy atom. The molecular formula is C6H10N2. The van der Waals surface area contributed by atoms with Gasteiger partial charge in [0.05, 0.1) is 0 Å². The molecule has 1 heterocycles. The van der Waals surface area contributed by atoms with Crippen molar-refractivity contribution in [3.63, 3.8) is 0 Å². The number of hydrogen-bond acceptors (Lipinski definition) is 2. The average Bonchev–Trinajstić information content (AvgIpc) is 1.77. The summed E-state index contributed by atoms with van der Waals surface area (Å²) in [6.45, 7) is 4.07. The zero-order valence-corrected chi connectivity index (χ0v) is 5.15. The van der Waals surface area contributed by atoms with Gasteiger partial charge < -0.3 is 10.6 Å². The SMILES string of the molecule is CC1=C(C)NC=CN1. The maximum atomic E-state index is 3.07. The van der Waals surface area contributed by atoms with E-state index < -0.39 is 0 Å². The first-order chi connectivity index (χ1) is 3.80. The molecule has 0 aliphatic carbocycles. The minimum absolute atomic E-state index is 1.19. The summed E-state index contributed by atoms with van der Waals surface area (Å²) in [4.78, 5) is 0. The quantitative estimate of drug-likeness (QED) is 0.484. The second kappa shape index (κ2) is 1.90. The van der Waals surface area contributed by atoms with Gasteiger partial charge in [-0.25, -0.2) is 0 Å². The summed E-state index contributed by atoms with van der Waals surface area (Å²) in [5.41, 5.74) is 2.38. The number of rotatable bonds is 0. The van der Waals surface area contributed by atoms with E-state index in [1.165, 1.54) is 11.4 Å². The molecule has 0 saturated heterocycles. The van der Waals surface area contributed by atoms with E-state index in [9.17, 15) is 0 Å².